The SMILES string of the molecule is COc1cc2c(Nc3c(Cl)cnc4c3OCO4)c(C#N)cnc2cc1OCCCl. The molecule has 29 heavy (non-hydrogen) atoms. The van der Waals surface area contributed by atoms with Crippen molar-refractivity contribution >= 4 is 45.5 Å². The number of pyridine rings is 2. The lowest BCUT2D eigenvalue weighted by molar-refractivity contribution is 0.171. The smallest absolute Gasteiger partial charge is 0.262 e. The fraction of sp³-hybridized carbons (Fsp3) is 0.211. The van der Waals surface area contributed by atoms with E-state index in [1.54, 1.807) is 12.1 Å². The van der Waals surface area contributed by atoms with Gasteiger partial charge in [-0.05, 0) is 6.07 Å². The number of methoxy groups -OCH3 is 1. The maximum absolute atomic E-state index is 9.61. The lowest BCUT2D eigenvalue weighted by Gasteiger charge is -2.16. The van der Waals surface area contributed by atoms with Gasteiger partial charge in [0.25, 0.3) is 5.88 Å². The number of ether oxygens (including phenoxy) is 4. The van der Waals surface area contributed by atoms with Crippen molar-refractivity contribution in [3.8, 4) is 29.2 Å². The molecule has 3 aromatic rings. The molecule has 0 radical (unpaired) electrons. The predicted octanol–water partition coefficient (Wildman–Crippen LogP) is 4.25. The van der Waals surface area contributed by atoms with Gasteiger partial charge in [-0.3, -0.25) is 4.98 Å². The third-order valence-corrected chi connectivity index (χ3v) is 4.65. The maximum Gasteiger partial charge on any atom is 0.262 e. The Kier molecular flexibility index (Phi) is 5.34. The highest BCUT2D eigenvalue weighted by atomic mass is 35.5. The number of nitriles is 1. The number of hydrogen-bond acceptors (Lipinski definition) is 8. The summed E-state index contributed by atoms with van der Waals surface area (Å²) < 4.78 is 21.9. The van der Waals surface area contributed by atoms with E-state index in [2.05, 4.69) is 21.4 Å². The molecular weight excluding hydrogens is 419 g/mol. The summed E-state index contributed by atoms with van der Waals surface area (Å²) in [6.07, 6.45) is 2.92. The summed E-state index contributed by atoms with van der Waals surface area (Å²) in [6.45, 7) is 0.357. The minimum absolute atomic E-state index is 0.0364. The molecule has 2 aromatic heterocycles. The van der Waals surface area contributed by atoms with Crippen molar-refractivity contribution in [3.05, 3.63) is 35.1 Å². The highest BCUT2D eigenvalue weighted by Gasteiger charge is 2.24. The van der Waals surface area contributed by atoms with Gasteiger partial charge >= 0.3 is 0 Å². The zero-order valence-electron chi connectivity index (χ0n) is 15.2. The normalized spacial score (nSPS) is 11.9. The topological polar surface area (TPSA) is 98.5 Å². The number of alkyl halides is 1. The fourth-order valence-electron chi connectivity index (χ4n) is 2.92. The molecular formula is C19H14Cl2N4O4. The number of rotatable bonds is 6. The van der Waals surface area contributed by atoms with Crippen LogP contribution in [0.3, 0.4) is 0 Å². The van der Waals surface area contributed by atoms with E-state index >= 15 is 0 Å². The lowest BCUT2D eigenvalue weighted by atomic mass is 10.1. The van der Waals surface area contributed by atoms with Crippen molar-refractivity contribution in [2.24, 2.45) is 0 Å². The van der Waals surface area contributed by atoms with Crippen LogP contribution < -0.4 is 24.3 Å². The first-order valence-electron chi connectivity index (χ1n) is 8.47. The van der Waals surface area contributed by atoms with Gasteiger partial charge in [-0.15, -0.1) is 11.6 Å². The van der Waals surface area contributed by atoms with Gasteiger partial charge < -0.3 is 24.3 Å². The summed E-state index contributed by atoms with van der Waals surface area (Å²) in [5.41, 5.74) is 1.84. The van der Waals surface area contributed by atoms with Crippen LogP contribution in [-0.2, 0) is 0 Å². The Balaban J connectivity index is 1.88. The fourth-order valence-corrected chi connectivity index (χ4v) is 3.18. The molecule has 0 bridgehead atoms. The first-order chi connectivity index (χ1) is 14.2. The van der Waals surface area contributed by atoms with Crippen LogP contribution in [0, 0.1) is 11.3 Å². The Morgan fingerprint density at radius 3 is 2.83 bits per heavy atom. The average Bonchev–Trinajstić information content (AvgIpc) is 3.22. The molecule has 3 heterocycles. The Hall–Kier alpha value is -3.15. The van der Waals surface area contributed by atoms with Crippen LogP contribution in [0.2, 0.25) is 5.02 Å². The molecule has 0 spiro atoms. The molecule has 148 valence electrons. The molecule has 10 heteroatoms. The number of fused-ring (bicyclic) bond motifs is 2. The molecule has 0 aliphatic carbocycles. The van der Waals surface area contributed by atoms with Crippen molar-refractivity contribution < 1.29 is 18.9 Å². The van der Waals surface area contributed by atoms with Crippen LogP contribution in [0.15, 0.2) is 24.5 Å². The van der Waals surface area contributed by atoms with Crippen LogP contribution in [0.4, 0.5) is 11.4 Å². The third-order valence-electron chi connectivity index (χ3n) is 4.21. The first kappa shape index (κ1) is 19.2. The molecule has 1 aliphatic rings. The molecule has 0 saturated carbocycles. The molecule has 0 unspecified atom stereocenters. The van der Waals surface area contributed by atoms with Gasteiger partial charge in [-0.2, -0.15) is 5.26 Å². The number of nitrogens with zero attached hydrogens (tertiary/aromatic N) is 3. The second kappa shape index (κ2) is 8.07. The lowest BCUT2D eigenvalue weighted by Crippen LogP contribution is -2.02. The number of anilines is 2. The standard InChI is InChI=1S/C19H14Cl2N4O4/c1-26-14-4-11-13(5-15(14)27-3-2-20)23-7-10(6-22)16(11)25-17-12(21)8-24-19-18(17)28-9-29-19/h4-5,7-8H,2-3,9H2,1H3,(H,23,24,25). The van der Waals surface area contributed by atoms with Gasteiger partial charge in [0.1, 0.15) is 18.4 Å². The zero-order valence-corrected chi connectivity index (χ0v) is 16.7. The quantitative estimate of drug-likeness (QED) is 0.576. The zero-order chi connectivity index (χ0) is 20.4. The van der Waals surface area contributed by atoms with Gasteiger partial charge in [0.15, 0.2) is 11.5 Å². The van der Waals surface area contributed by atoms with E-state index in [0.29, 0.717) is 68.5 Å². The second-order valence-corrected chi connectivity index (χ2v) is 6.65. The molecule has 0 atom stereocenters. The van der Waals surface area contributed by atoms with Gasteiger partial charge in [0.2, 0.25) is 12.5 Å². The highest BCUT2D eigenvalue weighted by molar-refractivity contribution is 6.33. The molecule has 1 aromatic carbocycles. The molecule has 1 N–H and O–H groups in total. The first-order valence-corrected chi connectivity index (χ1v) is 9.38. The molecule has 8 nitrogen and oxygen atoms in total. The summed E-state index contributed by atoms with van der Waals surface area (Å²) in [5.74, 6) is 2.02. The number of benzene rings is 1. The molecule has 0 fully saturated rings. The summed E-state index contributed by atoms with van der Waals surface area (Å²) in [6, 6.07) is 5.60. The minimum Gasteiger partial charge on any atom is -0.493 e. The molecule has 0 saturated heterocycles. The number of aromatic nitrogens is 2. The van der Waals surface area contributed by atoms with Crippen molar-refractivity contribution in [1.29, 1.82) is 5.26 Å². The average molecular weight is 433 g/mol. The van der Waals surface area contributed by atoms with E-state index in [1.807, 2.05) is 0 Å². The number of nitrogens with one attached hydrogen (secondary N) is 1. The van der Waals surface area contributed by atoms with E-state index in [4.69, 9.17) is 42.1 Å². The van der Waals surface area contributed by atoms with Crippen LogP contribution in [0.1, 0.15) is 5.56 Å². The highest BCUT2D eigenvalue weighted by Crippen LogP contribution is 2.45. The molecule has 0 amide bonds. The predicted molar refractivity (Wildman–Crippen MR) is 108 cm³/mol. The minimum atomic E-state index is 0.0364. The Bertz CT molecular complexity index is 1130. The number of halogens is 2. The monoisotopic (exact) mass is 432 g/mol. The van der Waals surface area contributed by atoms with Gasteiger partial charge in [-0.1, -0.05) is 11.6 Å². The van der Waals surface area contributed by atoms with E-state index in [-0.39, 0.29) is 6.79 Å². The molecule has 4 rings (SSSR count). The van der Waals surface area contributed by atoms with Crippen molar-refractivity contribution in [2.45, 2.75) is 0 Å². The van der Waals surface area contributed by atoms with Crippen LogP contribution in [-0.4, -0.2) is 36.4 Å². The summed E-state index contributed by atoms with van der Waals surface area (Å²) in [5, 5.41) is 13.8. The molecule has 1 aliphatic heterocycles. The van der Waals surface area contributed by atoms with Crippen molar-refractivity contribution in [1.82, 2.24) is 9.97 Å². The van der Waals surface area contributed by atoms with Crippen molar-refractivity contribution in [3.63, 3.8) is 0 Å². The van der Waals surface area contributed by atoms with Crippen LogP contribution in [0.25, 0.3) is 10.9 Å². The van der Waals surface area contributed by atoms with Crippen LogP contribution in [0.5, 0.6) is 23.1 Å². The van der Waals surface area contributed by atoms with E-state index in [0.717, 1.165) is 0 Å². The summed E-state index contributed by atoms with van der Waals surface area (Å²) >= 11 is 12.0. The third kappa shape index (κ3) is 3.50. The van der Waals surface area contributed by atoms with E-state index < -0.39 is 0 Å². The Morgan fingerprint density at radius 2 is 2.07 bits per heavy atom. The van der Waals surface area contributed by atoms with Gasteiger partial charge in [0.05, 0.1) is 41.0 Å². The van der Waals surface area contributed by atoms with Crippen molar-refractivity contribution in [2.75, 3.05) is 31.7 Å². The summed E-state index contributed by atoms with van der Waals surface area (Å²) in [4.78, 5) is 8.45. The number of hydrogen-bond donors (Lipinski definition) is 1. The Morgan fingerprint density at radius 1 is 1.21 bits per heavy atom. The maximum atomic E-state index is 9.61. The van der Waals surface area contributed by atoms with E-state index in [9.17, 15) is 5.26 Å². The van der Waals surface area contributed by atoms with Gasteiger partial charge in [0, 0.05) is 17.6 Å². The van der Waals surface area contributed by atoms with Gasteiger partial charge in [-0.25, -0.2) is 4.98 Å². The largest absolute Gasteiger partial charge is 0.493 e. The Labute approximate surface area is 175 Å². The summed E-state index contributed by atoms with van der Waals surface area (Å²) in [7, 11) is 1.53. The van der Waals surface area contributed by atoms with Crippen LogP contribution >= 0.6 is 23.2 Å². The van der Waals surface area contributed by atoms with E-state index in [1.165, 1.54) is 19.5 Å². The second-order valence-electron chi connectivity index (χ2n) is 5.86.